The second-order valence-electron chi connectivity index (χ2n) is 4.04. The zero-order chi connectivity index (χ0) is 13.7. The van der Waals surface area contributed by atoms with Gasteiger partial charge in [-0.25, -0.2) is 9.37 Å². The quantitative estimate of drug-likeness (QED) is 0.494. The first-order chi connectivity index (χ1) is 9.15. The predicted molar refractivity (Wildman–Crippen MR) is 68.4 cm³/mol. The Morgan fingerprint density at radius 1 is 1.42 bits per heavy atom. The van der Waals surface area contributed by atoms with Gasteiger partial charge in [0.15, 0.2) is 0 Å². The number of hydrogen-bond acceptors (Lipinski definition) is 4. The van der Waals surface area contributed by atoms with E-state index in [1.165, 1.54) is 12.1 Å². The highest BCUT2D eigenvalue weighted by atomic mass is 19.1. The third kappa shape index (κ3) is 3.77. The highest BCUT2D eigenvalue weighted by Gasteiger charge is 2.09. The number of nitro benzene ring substituents is 1. The van der Waals surface area contributed by atoms with E-state index >= 15 is 0 Å². The van der Waals surface area contributed by atoms with Gasteiger partial charge in [-0.1, -0.05) is 0 Å². The van der Waals surface area contributed by atoms with Crippen LogP contribution in [0.25, 0.3) is 0 Å². The smallest absolute Gasteiger partial charge is 0.274 e. The number of halogens is 1. The van der Waals surface area contributed by atoms with Crippen LogP contribution < -0.4 is 5.32 Å². The van der Waals surface area contributed by atoms with Gasteiger partial charge in [0.2, 0.25) is 0 Å². The number of hydrogen-bond donors (Lipinski definition) is 1. The van der Waals surface area contributed by atoms with Gasteiger partial charge in [0.25, 0.3) is 5.69 Å². The van der Waals surface area contributed by atoms with Gasteiger partial charge in [-0.05, 0) is 12.5 Å². The maximum atomic E-state index is 13.2. The molecule has 1 heterocycles. The van der Waals surface area contributed by atoms with Gasteiger partial charge in [-0.15, -0.1) is 0 Å². The summed E-state index contributed by atoms with van der Waals surface area (Å²) in [4.78, 5) is 13.9. The summed E-state index contributed by atoms with van der Waals surface area (Å²) >= 11 is 0. The number of aryl methyl sites for hydroxylation is 1. The average Bonchev–Trinajstić information content (AvgIpc) is 2.87. The number of nitrogens with zero attached hydrogens (tertiary/aromatic N) is 3. The fourth-order valence-electron chi connectivity index (χ4n) is 1.69. The van der Waals surface area contributed by atoms with Crippen LogP contribution >= 0.6 is 0 Å². The van der Waals surface area contributed by atoms with Crippen molar-refractivity contribution in [2.45, 2.75) is 13.0 Å². The van der Waals surface area contributed by atoms with Gasteiger partial charge in [-0.2, -0.15) is 0 Å². The summed E-state index contributed by atoms with van der Waals surface area (Å²) in [6, 6.07) is 3.46. The zero-order valence-corrected chi connectivity index (χ0v) is 10.1. The highest BCUT2D eigenvalue weighted by molar-refractivity contribution is 5.51. The Bertz CT molecular complexity index is 557. The summed E-state index contributed by atoms with van der Waals surface area (Å²) in [5.74, 6) is -0.619. The van der Waals surface area contributed by atoms with Gasteiger partial charge in [0.1, 0.15) is 5.82 Å². The van der Waals surface area contributed by atoms with E-state index in [1.54, 1.807) is 12.5 Å². The van der Waals surface area contributed by atoms with Crippen molar-refractivity contribution >= 4 is 11.4 Å². The van der Waals surface area contributed by atoms with Crippen LogP contribution in [0.4, 0.5) is 15.8 Å². The number of aromatic nitrogens is 2. The molecule has 0 aliphatic heterocycles. The number of nitro groups is 1. The number of imidazole rings is 1. The Hall–Kier alpha value is -2.44. The minimum Gasteiger partial charge on any atom is -0.385 e. The summed E-state index contributed by atoms with van der Waals surface area (Å²) in [5, 5.41) is 13.6. The number of anilines is 1. The zero-order valence-electron chi connectivity index (χ0n) is 10.1. The molecule has 0 fully saturated rings. The predicted octanol–water partition coefficient (Wildman–Crippen LogP) is 2.43. The lowest BCUT2D eigenvalue weighted by Crippen LogP contribution is -2.06. The van der Waals surface area contributed by atoms with E-state index in [1.807, 2.05) is 10.8 Å². The van der Waals surface area contributed by atoms with Gasteiger partial charge in [0.05, 0.1) is 17.3 Å². The number of non-ortho nitro benzene ring substituents is 1. The van der Waals surface area contributed by atoms with Crippen molar-refractivity contribution in [1.82, 2.24) is 9.55 Å². The van der Waals surface area contributed by atoms with Crippen LogP contribution in [0, 0.1) is 15.9 Å². The molecule has 1 N–H and O–H groups in total. The molecule has 19 heavy (non-hydrogen) atoms. The molecule has 0 aliphatic carbocycles. The lowest BCUT2D eigenvalue weighted by molar-refractivity contribution is -0.385. The van der Waals surface area contributed by atoms with Crippen molar-refractivity contribution in [3.8, 4) is 0 Å². The molecular formula is C12H13FN4O2. The molecule has 1 aromatic carbocycles. The molecule has 2 aromatic rings. The summed E-state index contributed by atoms with van der Waals surface area (Å²) in [7, 11) is 0. The Kier molecular flexibility index (Phi) is 4.07. The van der Waals surface area contributed by atoms with Crippen molar-refractivity contribution in [2.75, 3.05) is 11.9 Å². The van der Waals surface area contributed by atoms with Crippen molar-refractivity contribution in [1.29, 1.82) is 0 Å². The molecule has 1 aromatic heterocycles. The normalized spacial score (nSPS) is 10.4. The first-order valence-electron chi connectivity index (χ1n) is 5.80. The number of rotatable bonds is 6. The van der Waals surface area contributed by atoms with E-state index in [0.717, 1.165) is 19.0 Å². The highest BCUT2D eigenvalue weighted by Crippen LogP contribution is 2.19. The molecule has 0 aliphatic rings. The van der Waals surface area contributed by atoms with E-state index in [0.29, 0.717) is 12.2 Å². The third-order valence-electron chi connectivity index (χ3n) is 2.57. The molecule has 0 bridgehead atoms. The van der Waals surface area contributed by atoms with Gasteiger partial charge in [-0.3, -0.25) is 10.1 Å². The first kappa shape index (κ1) is 13.0. The largest absolute Gasteiger partial charge is 0.385 e. The Balaban J connectivity index is 1.87. The third-order valence-corrected chi connectivity index (χ3v) is 2.57. The molecule has 7 heteroatoms. The van der Waals surface area contributed by atoms with Gasteiger partial charge in [0, 0.05) is 37.2 Å². The molecule has 2 rings (SSSR count). The van der Waals surface area contributed by atoms with Crippen LogP contribution in [0.15, 0.2) is 36.9 Å². The molecule has 0 saturated carbocycles. The molecule has 0 radical (unpaired) electrons. The van der Waals surface area contributed by atoms with E-state index in [9.17, 15) is 14.5 Å². The standard InChI is InChI=1S/C12H13FN4O2/c13-10-6-11(8-12(7-10)17(18)19)15-2-1-4-16-5-3-14-9-16/h3,5-9,15H,1-2,4H2. The van der Waals surface area contributed by atoms with E-state index in [4.69, 9.17) is 0 Å². The maximum Gasteiger partial charge on any atom is 0.274 e. The number of benzene rings is 1. The Labute approximate surface area is 109 Å². The fraction of sp³-hybridized carbons (Fsp3) is 0.250. The second-order valence-corrected chi connectivity index (χ2v) is 4.04. The topological polar surface area (TPSA) is 73.0 Å². The van der Waals surface area contributed by atoms with Gasteiger partial charge >= 0.3 is 0 Å². The molecule has 0 atom stereocenters. The van der Waals surface area contributed by atoms with E-state index < -0.39 is 10.7 Å². The molecule has 0 amide bonds. The number of nitrogens with one attached hydrogen (secondary N) is 1. The van der Waals surface area contributed by atoms with Crippen LogP contribution in [-0.4, -0.2) is 21.0 Å². The van der Waals surface area contributed by atoms with Crippen LogP contribution in [0.5, 0.6) is 0 Å². The molecule has 0 unspecified atom stereocenters. The molecule has 0 spiro atoms. The van der Waals surface area contributed by atoms with Crippen LogP contribution in [0.2, 0.25) is 0 Å². The fourth-order valence-corrected chi connectivity index (χ4v) is 1.69. The van der Waals surface area contributed by atoms with Gasteiger partial charge < -0.3 is 9.88 Å². The Morgan fingerprint density at radius 3 is 2.95 bits per heavy atom. The molecule has 100 valence electrons. The summed E-state index contributed by atoms with van der Waals surface area (Å²) in [6.07, 6.45) is 6.07. The van der Waals surface area contributed by atoms with Crippen LogP contribution in [0.1, 0.15) is 6.42 Å². The first-order valence-corrected chi connectivity index (χ1v) is 5.80. The molecular weight excluding hydrogens is 251 g/mol. The lowest BCUT2D eigenvalue weighted by atomic mass is 10.2. The monoisotopic (exact) mass is 264 g/mol. The lowest BCUT2D eigenvalue weighted by Gasteiger charge is -2.07. The summed E-state index contributed by atoms with van der Waals surface area (Å²) in [5.41, 5.74) is 0.162. The molecule has 0 saturated heterocycles. The van der Waals surface area contributed by atoms with E-state index in [-0.39, 0.29) is 5.69 Å². The Morgan fingerprint density at radius 2 is 2.26 bits per heavy atom. The average molecular weight is 264 g/mol. The summed E-state index contributed by atoms with van der Waals surface area (Å²) in [6.45, 7) is 1.38. The van der Waals surface area contributed by atoms with Crippen molar-refractivity contribution in [3.05, 3.63) is 52.9 Å². The van der Waals surface area contributed by atoms with Crippen LogP contribution in [-0.2, 0) is 6.54 Å². The van der Waals surface area contributed by atoms with Crippen molar-refractivity contribution in [3.63, 3.8) is 0 Å². The molecule has 6 nitrogen and oxygen atoms in total. The summed E-state index contributed by atoms with van der Waals surface area (Å²) < 4.78 is 15.1. The van der Waals surface area contributed by atoms with Crippen molar-refractivity contribution in [2.24, 2.45) is 0 Å². The minimum atomic E-state index is -0.619. The van der Waals surface area contributed by atoms with Crippen LogP contribution in [0.3, 0.4) is 0 Å². The second kappa shape index (κ2) is 5.94. The van der Waals surface area contributed by atoms with E-state index in [2.05, 4.69) is 10.3 Å². The maximum absolute atomic E-state index is 13.2. The van der Waals surface area contributed by atoms with Crippen molar-refractivity contribution < 1.29 is 9.31 Å². The minimum absolute atomic E-state index is 0.253. The SMILES string of the molecule is O=[N+]([O-])c1cc(F)cc(NCCCn2ccnc2)c1.